The Morgan fingerprint density at radius 2 is 1.96 bits per heavy atom. The third-order valence-corrected chi connectivity index (χ3v) is 5.98. The Kier molecular flexibility index (Phi) is 5.36. The Balaban J connectivity index is 1.94. The van der Waals surface area contributed by atoms with Gasteiger partial charge in [0.25, 0.3) is 5.91 Å². The Hall–Kier alpha value is -1.96. The number of ketones is 1. The number of thiophene rings is 2. The van der Waals surface area contributed by atoms with Crippen LogP contribution in [-0.2, 0) is 4.79 Å². The summed E-state index contributed by atoms with van der Waals surface area (Å²) in [4.78, 5) is 29.9. The van der Waals surface area contributed by atoms with Gasteiger partial charge in [-0.05, 0) is 22.9 Å². The van der Waals surface area contributed by atoms with Crippen molar-refractivity contribution in [1.82, 2.24) is 4.90 Å². The molecule has 0 spiro atoms. The van der Waals surface area contributed by atoms with Crippen LogP contribution in [0.3, 0.4) is 0 Å². The fraction of sp³-hybridized carbons (Fsp3) is 0.333. The molecule has 3 heterocycles. The minimum absolute atomic E-state index is 0.201. The van der Waals surface area contributed by atoms with Crippen LogP contribution >= 0.6 is 22.7 Å². The van der Waals surface area contributed by atoms with Gasteiger partial charge >= 0.3 is 0 Å². The maximum atomic E-state index is 12.9. The molecule has 2 N–H and O–H groups in total. The molecule has 0 fully saturated rings. The van der Waals surface area contributed by atoms with E-state index in [0.29, 0.717) is 11.4 Å². The second-order valence-corrected chi connectivity index (χ2v) is 8.22. The van der Waals surface area contributed by atoms with Gasteiger partial charge in [0.05, 0.1) is 37.1 Å². The number of nitrogens with one attached hydrogen (secondary N) is 1. The molecule has 7 heteroatoms. The zero-order chi connectivity index (χ0) is 18.0. The lowest BCUT2D eigenvalue weighted by atomic mass is 10.0. The molecule has 1 amide bonds. The van der Waals surface area contributed by atoms with E-state index in [1.165, 1.54) is 27.6 Å². The van der Waals surface area contributed by atoms with Gasteiger partial charge in [-0.25, -0.2) is 0 Å². The number of carbonyl (C=O) groups is 2. The summed E-state index contributed by atoms with van der Waals surface area (Å²) in [6, 6.07) is 6.83. The van der Waals surface area contributed by atoms with Gasteiger partial charge in [0.1, 0.15) is 0 Å². The number of aliphatic hydroxyl groups is 1. The topological polar surface area (TPSA) is 62.1 Å². The molecule has 0 radical (unpaired) electrons. The van der Waals surface area contributed by atoms with Crippen molar-refractivity contribution in [3.8, 4) is 0 Å². The monoisotopic (exact) mass is 377 g/mol. The summed E-state index contributed by atoms with van der Waals surface area (Å²) in [5.74, 6) is -1.12. The first-order chi connectivity index (χ1) is 12.0. The first kappa shape index (κ1) is 17.8. The van der Waals surface area contributed by atoms with Crippen LogP contribution in [0.25, 0.3) is 0 Å². The maximum absolute atomic E-state index is 12.9. The number of hydrogen-bond acceptors (Lipinski definition) is 5. The molecule has 0 aliphatic carbocycles. The quantitative estimate of drug-likeness (QED) is 0.725. The van der Waals surface area contributed by atoms with E-state index < -0.39 is 17.7 Å². The fourth-order valence-corrected chi connectivity index (χ4v) is 4.53. The van der Waals surface area contributed by atoms with Crippen LogP contribution in [0.15, 0.2) is 46.4 Å². The van der Waals surface area contributed by atoms with E-state index in [1.54, 1.807) is 17.0 Å². The zero-order valence-corrected chi connectivity index (χ0v) is 15.8. The van der Waals surface area contributed by atoms with Gasteiger partial charge in [-0.1, -0.05) is 12.1 Å². The number of Topliss-reactive ketones (excluding diaryl/α,β-unsaturated/α-hetero) is 1. The average Bonchev–Trinajstić information content (AvgIpc) is 3.31. The Labute approximate surface area is 154 Å². The van der Waals surface area contributed by atoms with Gasteiger partial charge in [0.2, 0.25) is 5.78 Å². The van der Waals surface area contributed by atoms with E-state index >= 15 is 0 Å². The second-order valence-electron chi connectivity index (χ2n) is 6.30. The molecule has 2 aromatic rings. The summed E-state index contributed by atoms with van der Waals surface area (Å²) in [5, 5.41) is 14.2. The third kappa shape index (κ3) is 3.53. The molecular formula is C18H21N2O3S2+. The summed E-state index contributed by atoms with van der Waals surface area (Å²) in [7, 11) is 4.12. The normalized spacial score (nSPS) is 17.8. The molecule has 25 heavy (non-hydrogen) atoms. The molecule has 2 aromatic heterocycles. The number of carbonyl (C=O) groups excluding carboxylic acids is 2. The fourth-order valence-electron chi connectivity index (χ4n) is 3.00. The average molecular weight is 378 g/mol. The van der Waals surface area contributed by atoms with Gasteiger partial charge in [-0.3, -0.25) is 9.59 Å². The van der Waals surface area contributed by atoms with Crippen molar-refractivity contribution in [1.29, 1.82) is 0 Å². The molecule has 5 nitrogen and oxygen atoms in total. The predicted molar refractivity (Wildman–Crippen MR) is 99.4 cm³/mol. The number of amides is 1. The Morgan fingerprint density at radius 3 is 2.56 bits per heavy atom. The highest BCUT2D eigenvalue weighted by Gasteiger charge is 2.44. The first-order valence-corrected chi connectivity index (χ1v) is 9.91. The van der Waals surface area contributed by atoms with Crippen molar-refractivity contribution in [2.45, 2.75) is 12.5 Å². The van der Waals surface area contributed by atoms with Crippen molar-refractivity contribution < 1.29 is 19.6 Å². The van der Waals surface area contributed by atoms with Crippen molar-refractivity contribution in [3.05, 3.63) is 56.1 Å². The molecule has 132 valence electrons. The predicted octanol–water partition coefficient (Wildman–Crippen LogP) is 1.92. The molecule has 1 aliphatic rings. The SMILES string of the molecule is C[NH+](C)CCCN1C(=O)C(O)=C(C(=O)c2cccs2)[C@H]1c1cccs1. The standard InChI is InChI=1S/C18H20N2O3S2/c1-19(2)8-5-9-20-15(12-6-3-10-24-12)14(17(22)18(20)23)16(21)13-7-4-11-25-13/h3-4,6-7,10-11,15,22H,5,8-9H2,1-2H3/p+1/t15-/m1/s1. The van der Waals surface area contributed by atoms with Crippen LogP contribution in [0.2, 0.25) is 0 Å². The van der Waals surface area contributed by atoms with Gasteiger partial charge in [0, 0.05) is 17.8 Å². The molecule has 0 saturated carbocycles. The molecule has 0 saturated heterocycles. The van der Waals surface area contributed by atoms with Gasteiger partial charge < -0.3 is 14.9 Å². The number of nitrogens with zero attached hydrogens (tertiary/aromatic N) is 1. The largest absolute Gasteiger partial charge is 0.503 e. The number of rotatable bonds is 7. The number of aliphatic hydroxyl groups excluding tert-OH is 1. The van der Waals surface area contributed by atoms with Gasteiger partial charge in [-0.2, -0.15) is 0 Å². The molecule has 1 aliphatic heterocycles. The maximum Gasteiger partial charge on any atom is 0.290 e. The van der Waals surface area contributed by atoms with Crippen molar-refractivity contribution in [2.24, 2.45) is 0 Å². The van der Waals surface area contributed by atoms with Crippen molar-refractivity contribution in [2.75, 3.05) is 27.2 Å². The molecule has 0 bridgehead atoms. The summed E-state index contributed by atoms with van der Waals surface area (Å²) in [5.41, 5.74) is 0.201. The van der Waals surface area contributed by atoms with E-state index in [9.17, 15) is 14.7 Å². The summed E-state index contributed by atoms with van der Waals surface area (Å²) in [6.45, 7) is 1.42. The van der Waals surface area contributed by atoms with E-state index in [4.69, 9.17) is 0 Å². The number of hydrogen-bond donors (Lipinski definition) is 2. The van der Waals surface area contributed by atoms with Gasteiger partial charge in [0.15, 0.2) is 5.76 Å². The summed E-state index contributed by atoms with van der Waals surface area (Å²) >= 11 is 2.81. The van der Waals surface area contributed by atoms with Crippen LogP contribution in [0.1, 0.15) is 27.0 Å². The molecule has 0 unspecified atom stereocenters. The van der Waals surface area contributed by atoms with E-state index in [-0.39, 0.29) is 11.4 Å². The van der Waals surface area contributed by atoms with E-state index in [0.717, 1.165) is 17.8 Å². The van der Waals surface area contributed by atoms with Crippen molar-refractivity contribution >= 4 is 34.4 Å². The Bertz CT molecular complexity index is 779. The molecule has 3 rings (SSSR count). The third-order valence-electron chi connectivity index (χ3n) is 4.18. The minimum Gasteiger partial charge on any atom is -0.503 e. The van der Waals surface area contributed by atoms with Crippen LogP contribution in [0.5, 0.6) is 0 Å². The van der Waals surface area contributed by atoms with Crippen LogP contribution in [0.4, 0.5) is 0 Å². The highest BCUT2D eigenvalue weighted by atomic mass is 32.1. The molecule has 0 aromatic carbocycles. The van der Waals surface area contributed by atoms with E-state index in [2.05, 4.69) is 14.1 Å². The Morgan fingerprint density at radius 1 is 1.24 bits per heavy atom. The highest BCUT2D eigenvalue weighted by molar-refractivity contribution is 7.12. The highest BCUT2D eigenvalue weighted by Crippen LogP contribution is 2.41. The first-order valence-electron chi connectivity index (χ1n) is 8.15. The molecular weight excluding hydrogens is 356 g/mol. The van der Waals surface area contributed by atoms with Gasteiger partial charge in [-0.15, -0.1) is 22.7 Å². The lowest BCUT2D eigenvalue weighted by molar-refractivity contribution is -0.858. The van der Waals surface area contributed by atoms with Crippen LogP contribution in [-0.4, -0.2) is 48.9 Å². The lowest BCUT2D eigenvalue weighted by Gasteiger charge is -2.25. The summed E-state index contributed by atoms with van der Waals surface area (Å²) < 4.78 is 0. The minimum atomic E-state index is -0.501. The zero-order valence-electron chi connectivity index (χ0n) is 14.2. The molecule has 1 atom stereocenters. The second kappa shape index (κ2) is 7.51. The van der Waals surface area contributed by atoms with Crippen LogP contribution < -0.4 is 4.90 Å². The smallest absolute Gasteiger partial charge is 0.290 e. The van der Waals surface area contributed by atoms with E-state index in [1.807, 2.05) is 22.9 Å². The number of quaternary nitrogens is 1. The lowest BCUT2D eigenvalue weighted by Crippen LogP contribution is -3.05. The summed E-state index contributed by atoms with van der Waals surface area (Å²) in [6.07, 6.45) is 0.809. The van der Waals surface area contributed by atoms with Crippen LogP contribution in [0, 0.1) is 0 Å². The van der Waals surface area contributed by atoms with Crippen molar-refractivity contribution in [3.63, 3.8) is 0 Å².